The number of carboxylic acid groups (broad SMARTS) is 1. The summed E-state index contributed by atoms with van der Waals surface area (Å²) in [7, 11) is 0. The number of hydrogen-bond acceptors (Lipinski definition) is 1. The Kier molecular flexibility index (Phi) is 3.81. The van der Waals surface area contributed by atoms with Crippen LogP contribution in [0.3, 0.4) is 0 Å². The second-order valence-electron chi connectivity index (χ2n) is 4.00. The van der Waals surface area contributed by atoms with Crippen LogP contribution in [0.4, 0.5) is 8.78 Å². The Morgan fingerprint density at radius 3 is 2.32 bits per heavy atom. The summed E-state index contributed by atoms with van der Waals surface area (Å²) in [6.07, 6.45) is -0.552. The van der Waals surface area contributed by atoms with Gasteiger partial charge in [-0.15, -0.1) is 0 Å². The van der Waals surface area contributed by atoms with Crippen LogP contribution in [0, 0.1) is 11.6 Å². The fourth-order valence-electron chi connectivity index (χ4n) is 1.74. The Labute approximate surface area is 113 Å². The predicted molar refractivity (Wildman–Crippen MR) is 68.1 cm³/mol. The Morgan fingerprint density at radius 1 is 1.11 bits per heavy atom. The highest BCUT2D eigenvalue weighted by Crippen LogP contribution is 2.27. The zero-order valence-electron chi connectivity index (χ0n) is 9.66. The molecule has 0 saturated carbocycles. The lowest BCUT2D eigenvalue weighted by Gasteiger charge is -2.07. The Balaban J connectivity index is 2.45. The summed E-state index contributed by atoms with van der Waals surface area (Å²) in [6, 6.07) is 8.18. The molecule has 2 aromatic carbocycles. The van der Waals surface area contributed by atoms with Crippen LogP contribution in [0.25, 0.3) is 11.1 Å². The molecule has 0 heterocycles. The average Bonchev–Trinajstić information content (AvgIpc) is 2.34. The number of hydrogen-bond donors (Lipinski definition) is 1. The standard InChI is InChI=1S/C14H9ClF2O2/c15-10-3-1-8(2-4-10)11-7-12(16)9(5-13(11)17)6-14(18)19/h1-5,7H,6H2,(H,18,19). The molecule has 0 aliphatic heterocycles. The van der Waals surface area contributed by atoms with E-state index in [1.807, 2.05) is 0 Å². The van der Waals surface area contributed by atoms with Crippen molar-refractivity contribution in [3.05, 3.63) is 58.6 Å². The van der Waals surface area contributed by atoms with Crippen molar-refractivity contribution in [2.75, 3.05) is 0 Å². The molecule has 2 rings (SSSR count). The van der Waals surface area contributed by atoms with E-state index in [2.05, 4.69) is 0 Å². The lowest BCUT2D eigenvalue weighted by molar-refractivity contribution is -0.136. The van der Waals surface area contributed by atoms with E-state index >= 15 is 0 Å². The van der Waals surface area contributed by atoms with Gasteiger partial charge >= 0.3 is 5.97 Å². The molecule has 5 heteroatoms. The molecule has 0 spiro atoms. The highest BCUT2D eigenvalue weighted by Gasteiger charge is 2.13. The van der Waals surface area contributed by atoms with Crippen molar-refractivity contribution in [3.8, 4) is 11.1 Å². The van der Waals surface area contributed by atoms with Crippen LogP contribution in [-0.4, -0.2) is 11.1 Å². The molecule has 0 bridgehead atoms. The minimum atomic E-state index is -1.21. The number of aliphatic carboxylic acids is 1. The third kappa shape index (κ3) is 3.09. The Morgan fingerprint density at radius 2 is 1.74 bits per heavy atom. The lowest BCUT2D eigenvalue weighted by atomic mass is 10.0. The number of carboxylic acids is 1. The van der Waals surface area contributed by atoms with Crippen LogP contribution in [0.1, 0.15) is 5.56 Å². The van der Waals surface area contributed by atoms with E-state index in [-0.39, 0.29) is 11.1 Å². The average molecular weight is 283 g/mol. The van der Waals surface area contributed by atoms with Crippen LogP contribution in [0.5, 0.6) is 0 Å². The summed E-state index contributed by atoms with van der Waals surface area (Å²) in [5.41, 5.74) is 0.369. The third-order valence-corrected chi connectivity index (χ3v) is 2.88. The van der Waals surface area contributed by atoms with Gasteiger partial charge in [0.1, 0.15) is 11.6 Å². The zero-order valence-corrected chi connectivity index (χ0v) is 10.4. The van der Waals surface area contributed by atoms with Gasteiger partial charge in [0.2, 0.25) is 0 Å². The largest absolute Gasteiger partial charge is 0.481 e. The molecule has 98 valence electrons. The Hall–Kier alpha value is -1.94. The minimum Gasteiger partial charge on any atom is -0.481 e. The number of rotatable bonds is 3. The molecule has 0 atom stereocenters. The predicted octanol–water partition coefficient (Wildman–Crippen LogP) is 3.91. The fourth-order valence-corrected chi connectivity index (χ4v) is 1.86. The van der Waals surface area contributed by atoms with Crippen molar-refractivity contribution < 1.29 is 18.7 Å². The van der Waals surface area contributed by atoms with E-state index in [1.165, 1.54) is 0 Å². The third-order valence-electron chi connectivity index (χ3n) is 2.63. The van der Waals surface area contributed by atoms with Crippen LogP contribution in [0.15, 0.2) is 36.4 Å². The van der Waals surface area contributed by atoms with E-state index in [0.29, 0.717) is 10.6 Å². The summed E-state index contributed by atoms with van der Waals surface area (Å²) in [5.74, 6) is -2.62. The minimum absolute atomic E-state index is 0.0725. The fraction of sp³-hybridized carbons (Fsp3) is 0.0714. The van der Waals surface area contributed by atoms with E-state index in [4.69, 9.17) is 16.7 Å². The van der Waals surface area contributed by atoms with E-state index in [0.717, 1.165) is 12.1 Å². The first kappa shape index (κ1) is 13.5. The highest BCUT2D eigenvalue weighted by atomic mass is 35.5. The first-order chi connectivity index (χ1) is 8.97. The van der Waals surface area contributed by atoms with Crippen LogP contribution in [-0.2, 0) is 11.2 Å². The van der Waals surface area contributed by atoms with Gasteiger partial charge in [-0.3, -0.25) is 4.79 Å². The molecule has 0 unspecified atom stereocenters. The maximum atomic E-state index is 13.9. The van der Waals surface area contributed by atoms with Crippen molar-refractivity contribution in [2.45, 2.75) is 6.42 Å². The summed E-state index contributed by atoms with van der Waals surface area (Å²) in [4.78, 5) is 10.5. The molecular formula is C14H9ClF2O2. The molecule has 0 saturated heterocycles. The van der Waals surface area contributed by atoms with Crippen molar-refractivity contribution in [1.82, 2.24) is 0 Å². The molecule has 2 nitrogen and oxygen atoms in total. The molecule has 2 aromatic rings. The van der Waals surface area contributed by atoms with E-state index in [9.17, 15) is 13.6 Å². The van der Waals surface area contributed by atoms with Crippen molar-refractivity contribution in [3.63, 3.8) is 0 Å². The maximum absolute atomic E-state index is 13.9. The van der Waals surface area contributed by atoms with Crippen LogP contribution >= 0.6 is 11.6 Å². The molecular weight excluding hydrogens is 274 g/mol. The molecule has 1 N–H and O–H groups in total. The van der Waals surface area contributed by atoms with Crippen molar-refractivity contribution in [2.24, 2.45) is 0 Å². The van der Waals surface area contributed by atoms with Gasteiger partial charge in [-0.25, -0.2) is 8.78 Å². The number of halogens is 3. The smallest absolute Gasteiger partial charge is 0.307 e. The second kappa shape index (κ2) is 5.36. The molecule has 0 aliphatic rings. The SMILES string of the molecule is O=C(O)Cc1cc(F)c(-c2ccc(Cl)cc2)cc1F. The molecule has 19 heavy (non-hydrogen) atoms. The first-order valence-electron chi connectivity index (χ1n) is 5.43. The second-order valence-corrected chi connectivity index (χ2v) is 4.44. The van der Waals surface area contributed by atoms with Gasteiger partial charge in [0.15, 0.2) is 0 Å². The number of benzene rings is 2. The molecule has 0 aliphatic carbocycles. The van der Waals surface area contributed by atoms with Crippen LogP contribution < -0.4 is 0 Å². The van der Waals surface area contributed by atoms with Crippen molar-refractivity contribution in [1.29, 1.82) is 0 Å². The van der Waals surface area contributed by atoms with Gasteiger partial charge in [0.05, 0.1) is 6.42 Å². The molecule has 0 fully saturated rings. The molecule has 0 aromatic heterocycles. The summed E-state index contributed by atoms with van der Waals surface area (Å²) < 4.78 is 27.6. The molecule has 0 amide bonds. The molecule has 0 radical (unpaired) electrons. The summed E-state index contributed by atoms with van der Waals surface area (Å²) in [6.45, 7) is 0. The van der Waals surface area contributed by atoms with Gasteiger partial charge in [-0.05, 0) is 29.8 Å². The topological polar surface area (TPSA) is 37.3 Å². The zero-order chi connectivity index (χ0) is 14.0. The monoisotopic (exact) mass is 282 g/mol. The number of carbonyl (C=O) groups is 1. The Bertz CT molecular complexity index is 624. The summed E-state index contributed by atoms with van der Waals surface area (Å²) in [5, 5.41) is 9.09. The van der Waals surface area contributed by atoms with Gasteiger partial charge in [-0.2, -0.15) is 0 Å². The van der Waals surface area contributed by atoms with Gasteiger partial charge in [-0.1, -0.05) is 23.7 Å². The quantitative estimate of drug-likeness (QED) is 0.926. The van der Waals surface area contributed by atoms with Crippen LogP contribution in [0.2, 0.25) is 5.02 Å². The normalized spacial score (nSPS) is 10.5. The van der Waals surface area contributed by atoms with Gasteiger partial charge < -0.3 is 5.11 Å². The van der Waals surface area contributed by atoms with Gasteiger partial charge in [0.25, 0.3) is 0 Å². The van der Waals surface area contributed by atoms with E-state index in [1.54, 1.807) is 24.3 Å². The highest BCUT2D eigenvalue weighted by molar-refractivity contribution is 6.30. The maximum Gasteiger partial charge on any atom is 0.307 e. The lowest BCUT2D eigenvalue weighted by Crippen LogP contribution is -2.03. The van der Waals surface area contributed by atoms with Crippen molar-refractivity contribution >= 4 is 17.6 Å². The summed E-state index contributed by atoms with van der Waals surface area (Å²) >= 11 is 5.72. The van der Waals surface area contributed by atoms with Gasteiger partial charge in [0, 0.05) is 16.1 Å². The van der Waals surface area contributed by atoms with E-state index < -0.39 is 24.0 Å². The first-order valence-corrected chi connectivity index (χ1v) is 5.81.